The van der Waals surface area contributed by atoms with E-state index in [9.17, 15) is 0 Å². The molecule has 0 bridgehead atoms. The van der Waals surface area contributed by atoms with Crippen molar-refractivity contribution in [2.75, 3.05) is 6.54 Å². The molecule has 0 fully saturated rings. The molecule has 2 N–H and O–H groups in total. The van der Waals surface area contributed by atoms with Gasteiger partial charge in [-0.25, -0.2) is 4.98 Å². The lowest BCUT2D eigenvalue weighted by Gasteiger charge is -2.35. The second-order valence-corrected chi connectivity index (χ2v) is 6.22. The minimum atomic E-state index is -0.153. The summed E-state index contributed by atoms with van der Waals surface area (Å²) in [6, 6.07) is 7.03. The molecule has 4 rings (SSSR count). The first kappa shape index (κ1) is 12.2. The summed E-state index contributed by atoms with van der Waals surface area (Å²) in [5.41, 5.74) is 6.73. The molecule has 1 aliphatic carbocycles. The van der Waals surface area contributed by atoms with Gasteiger partial charge in [-0.2, -0.15) is 0 Å². The zero-order valence-electron chi connectivity index (χ0n) is 12.0. The summed E-state index contributed by atoms with van der Waals surface area (Å²) in [4.78, 5) is 7.87. The van der Waals surface area contributed by atoms with Gasteiger partial charge in [-0.15, -0.1) is 0 Å². The molecule has 104 valence electrons. The van der Waals surface area contributed by atoms with Gasteiger partial charge in [0, 0.05) is 18.7 Å². The Balaban J connectivity index is 1.81. The topological polar surface area (TPSA) is 40.7 Å². The van der Waals surface area contributed by atoms with Crippen molar-refractivity contribution < 1.29 is 0 Å². The quantitative estimate of drug-likeness (QED) is 0.834. The Morgan fingerprint density at radius 2 is 1.95 bits per heavy atom. The number of fused-ring (bicyclic) bond motifs is 2. The molecular weight excluding hydrogens is 246 g/mol. The molecular formula is C17H21N3. The Kier molecular flexibility index (Phi) is 2.71. The molecule has 2 heterocycles. The first-order chi connectivity index (χ1) is 9.77. The Hall–Kier alpha value is -1.61. The highest BCUT2D eigenvalue weighted by atomic mass is 15.1. The van der Waals surface area contributed by atoms with Gasteiger partial charge in [0.05, 0.1) is 17.6 Å². The molecule has 1 aromatic heterocycles. The maximum Gasteiger partial charge on any atom is 0.0926 e. The average molecular weight is 267 g/mol. The highest BCUT2D eigenvalue weighted by Gasteiger charge is 2.36. The zero-order chi connectivity index (χ0) is 13.6. The van der Waals surface area contributed by atoms with E-state index in [1.54, 1.807) is 11.1 Å². The third kappa shape index (κ3) is 1.73. The van der Waals surface area contributed by atoms with Gasteiger partial charge in [-0.1, -0.05) is 18.2 Å². The number of nitrogens with one attached hydrogen (secondary N) is 2. The third-order valence-electron chi connectivity index (χ3n) is 4.97. The van der Waals surface area contributed by atoms with Gasteiger partial charge in [-0.05, 0) is 49.3 Å². The number of aromatic amines is 1. The molecule has 0 radical (unpaired) electrons. The van der Waals surface area contributed by atoms with Crippen molar-refractivity contribution in [3.63, 3.8) is 0 Å². The molecule has 0 spiro atoms. The molecule has 0 saturated heterocycles. The molecule has 1 aromatic carbocycles. The minimum Gasteiger partial charge on any atom is -0.348 e. The molecule has 2 aromatic rings. The van der Waals surface area contributed by atoms with Crippen molar-refractivity contribution in [2.45, 2.75) is 44.6 Å². The normalized spacial score (nSPS) is 25.1. The fourth-order valence-electron chi connectivity index (χ4n) is 3.75. The van der Waals surface area contributed by atoms with Crippen molar-refractivity contribution in [2.24, 2.45) is 0 Å². The van der Waals surface area contributed by atoms with Gasteiger partial charge in [-0.3, -0.25) is 0 Å². The van der Waals surface area contributed by atoms with Crippen LogP contribution < -0.4 is 5.32 Å². The van der Waals surface area contributed by atoms with E-state index in [4.69, 9.17) is 0 Å². The maximum absolute atomic E-state index is 4.58. The van der Waals surface area contributed by atoms with Crippen LogP contribution in [-0.4, -0.2) is 16.5 Å². The van der Waals surface area contributed by atoms with Crippen molar-refractivity contribution in [3.8, 4) is 0 Å². The number of nitrogens with zero attached hydrogens (tertiary/aromatic N) is 1. The fraction of sp³-hybridized carbons (Fsp3) is 0.471. The van der Waals surface area contributed by atoms with Crippen LogP contribution in [0.5, 0.6) is 0 Å². The molecule has 2 aliphatic rings. The van der Waals surface area contributed by atoms with E-state index >= 15 is 0 Å². The summed E-state index contributed by atoms with van der Waals surface area (Å²) in [7, 11) is 0. The van der Waals surface area contributed by atoms with E-state index in [0.29, 0.717) is 0 Å². The average Bonchev–Trinajstić information content (AvgIpc) is 2.97. The molecule has 0 amide bonds. The maximum atomic E-state index is 4.58. The number of H-pyrrole nitrogens is 1. The fourth-order valence-corrected chi connectivity index (χ4v) is 3.75. The van der Waals surface area contributed by atoms with Crippen molar-refractivity contribution in [1.29, 1.82) is 0 Å². The molecule has 3 nitrogen and oxygen atoms in total. The molecule has 1 unspecified atom stereocenters. The minimum absolute atomic E-state index is 0.153. The van der Waals surface area contributed by atoms with Gasteiger partial charge in [0.25, 0.3) is 0 Å². The summed E-state index contributed by atoms with van der Waals surface area (Å²) in [6.45, 7) is 3.26. The van der Waals surface area contributed by atoms with Crippen molar-refractivity contribution in [1.82, 2.24) is 15.3 Å². The second-order valence-electron chi connectivity index (χ2n) is 6.22. The van der Waals surface area contributed by atoms with Crippen LogP contribution in [0.1, 0.15) is 47.8 Å². The van der Waals surface area contributed by atoms with Gasteiger partial charge >= 0.3 is 0 Å². The largest absolute Gasteiger partial charge is 0.348 e. The summed E-state index contributed by atoms with van der Waals surface area (Å²) in [6.07, 6.45) is 8.00. The van der Waals surface area contributed by atoms with Gasteiger partial charge in [0.15, 0.2) is 0 Å². The third-order valence-corrected chi connectivity index (χ3v) is 4.97. The van der Waals surface area contributed by atoms with Crippen LogP contribution in [0.25, 0.3) is 0 Å². The summed E-state index contributed by atoms with van der Waals surface area (Å²) in [5, 5.41) is 3.68. The molecule has 1 atom stereocenters. The zero-order valence-corrected chi connectivity index (χ0v) is 12.0. The van der Waals surface area contributed by atoms with E-state index in [1.165, 1.54) is 42.6 Å². The van der Waals surface area contributed by atoms with Crippen molar-refractivity contribution in [3.05, 3.63) is 52.6 Å². The Morgan fingerprint density at radius 1 is 1.10 bits per heavy atom. The predicted molar refractivity (Wildman–Crippen MR) is 79.8 cm³/mol. The smallest absolute Gasteiger partial charge is 0.0926 e. The van der Waals surface area contributed by atoms with Crippen LogP contribution in [0, 0.1) is 0 Å². The van der Waals surface area contributed by atoms with Crippen LogP contribution in [0.15, 0.2) is 24.5 Å². The molecule has 20 heavy (non-hydrogen) atoms. The van der Waals surface area contributed by atoms with E-state index in [1.807, 2.05) is 6.33 Å². The lowest BCUT2D eigenvalue weighted by atomic mass is 9.81. The number of aryl methyl sites for hydroxylation is 2. The molecule has 3 heteroatoms. The first-order valence-electron chi connectivity index (χ1n) is 7.67. The number of hydrogen-bond donors (Lipinski definition) is 2. The monoisotopic (exact) mass is 267 g/mol. The first-order valence-corrected chi connectivity index (χ1v) is 7.67. The van der Waals surface area contributed by atoms with Gasteiger partial charge in [0.2, 0.25) is 0 Å². The molecule has 0 saturated carbocycles. The number of aromatic nitrogens is 2. The number of hydrogen-bond acceptors (Lipinski definition) is 2. The SMILES string of the molecule is CC1(c2ccc3c(c2)CCCC3)NCCc2[nH]cnc21. The summed E-state index contributed by atoms with van der Waals surface area (Å²) in [5.74, 6) is 0. The van der Waals surface area contributed by atoms with Crippen LogP contribution in [0.4, 0.5) is 0 Å². The lowest BCUT2D eigenvalue weighted by molar-refractivity contribution is 0.403. The van der Waals surface area contributed by atoms with E-state index in [-0.39, 0.29) is 5.54 Å². The Bertz CT molecular complexity index is 643. The predicted octanol–water partition coefficient (Wildman–Crippen LogP) is 2.70. The van der Waals surface area contributed by atoms with Crippen LogP contribution >= 0.6 is 0 Å². The lowest BCUT2D eigenvalue weighted by Crippen LogP contribution is -2.46. The van der Waals surface area contributed by atoms with Crippen molar-refractivity contribution >= 4 is 0 Å². The summed E-state index contributed by atoms with van der Waals surface area (Å²) < 4.78 is 0. The highest BCUT2D eigenvalue weighted by molar-refractivity contribution is 5.43. The Morgan fingerprint density at radius 3 is 2.85 bits per heavy atom. The van der Waals surface area contributed by atoms with Gasteiger partial charge in [0.1, 0.15) is 0 Å². The number of imidazole rings is 1. The van der Waals surface area contributed by atoms with Gasteiger partial charge < -0.3 is 10.3 Å². The summed E-state index contributed by atoms with van der Waals surface area (Å²) >= 11 is 0. The standard InChI is InChI=1S/C17H21N3/c1-17(16-15(8-9-20-17)18-11-19-16)14-7-6-12-4-2-3-5-13(12)10-14/h6-7,10-11,20H,2-5,8-9H2,1H3,(H,18,19). The van der Waals surface area contributed by atoms with Crippen LogP contribution in [-0.2, 0) is 24.8 Å². The van der Waals surface area contributed by atoms with E-state index < -0.39 is 0 Å². The van der Waals surface area contributed by atoms with Crippen LogP contribution in [0.3, 0.4) is 0 Å². The van der Waals surface area contributed by atoms with Crippen LogP contribution in [0.2, 0.25) is 0 Å². The van der Waals surface area contributed by atoms with E-state index in [2.05, 4.69) is 40.4 Å². The number of rotatable bonds is 1. The molecule has 1 aliphatic heterocycles. The highest BCUT2D eigenvalue weighted by Crippen LogP contribution is 2.34. The number of benzene rings is 1. The second kappa shape index (κ2) is 4.45. The van der Waals surface area contributed by atoms with E-state index in [0.717, 1.165) is 13.0 Å². The Labute approximate surface area is 119 Å².